The molecule has 4 nitrogen and oxygen atoms in total. The molecule has 116 valence electrons. The van der Waals surface area contributed by atoms with Crippen LogP contribution in [0.3, 0.4) is 0 Å². The van der Waals surface area contributed by atoms with Crippen LogP contribution in [0, 0.1) is 5.92 Å². The Morgan fingerprint density at radius 3 is 2.52 bits per heavy atom. The van der Waals surface area contributed by atoms with E-state index >= 15 is 0 Å². The molecule has 1 aromatic rings. The zero-order chi connectivity index (χ0) is 15.7. The maximum absolute atomic E-state index is 11.8. The van der Waals surface area contributed by atoms with Crippen molar-refractivity contribution >= 4 is 23.6 Å². The molecule has 0 spiro atoms. The van der Waals surface area contributed by atoms with E-state index in [9.17, 15) is 9.59 Å². The SMILES string of the molecule is CCC(C)[C@H](NC(=O)CSCCc1ccccc1)C(=O)O. The summed E-state index contributed by atoms with van der Waals surface area (Å²) in [6, 6.07) is 9.29. The largest absolute Gasteiger partial charge is 0.480 e. The van der Waals surface area contributed by atoms with Gasteiger partial charge in [0.15, 0.2) is 0 Å². The molecule has 2 N–H and O–H groups in total. The third-order valence-corrected chi connectivity index (χ3v) is 4.37. The summed E-state index contributed by atoms with van der Waals surface area (Å²) >= 11 is 1.52. The second-order valence-electron chi connectivity index (χ2n) is 5.06. The van der Waals surface area contributed by atoms with E-state index in [1.807, 2.05) is 32.0 Å². The molecule has 0 heterocycles. The number of hydrogen-bond acceptors (Lipinski definition) is 3. The number of aliphatic carboxylic acids is 1. The Balaban J connectivity index is 2.28. The van der Waals surface area contributed by atoms with Gasteiger partial charge in [-0.25, -0.2) is 4.79 Å². The van der Waals surface area contributed by atoms with E-state index in [0.29, 0.717) is 5.75 Å². The normalized spacial score (nSPS) is 13.4. The first-order valence-electron chi connectivity index (χ1n) is 7.18. The van der Waals surface area contributed by atoms with Crippen molar-refractivity contribution in [2.45, 2.75) is 32.7 Å². The van der Waals surface area contributed by atoms with Crippen LogP contribution in [-0.2, 0) is 16.0 Å². The van der Waals surface area contributed by atoms with Crippen LogP contribution in [0.4, 0.5) is 0 Å². The first kappa shape index (κ1) is 17.6. The van der Waals surface area contributed by atoms with E-state index in [4.69, 9.17) is 5.11 Å². The fraction of sp³-hybridized carbons (Fsp3) is 0.500. The molecule has 1 aromatic carbocycles. The van der Waals surface area contributed by atoms with Crippen molar-refractivity contribution in [1.29, 1.82) is 0 Å². The topological polar surface area (TPSA) is 66.4 Å². The van der Waals surface area contributed by atoms with Crippen LogP contribution in [-0.4, -0.2) is 34.5 Å². The summed E-state index contributed by atoms with van der Waals surface area (Å²) in [4.78, 5) is 22.9. The number of carbonyl (C=O) groups excluding carboxylic acids is 1. The molecular weight excluding hydrogens is 286 g/mol. The molecule has 2 atom stereocenters. The number of nitrogens with one attached hydrogen (secondary N) is 1. The molecule has 5 heteroatoms. The van der Waals surface area contributed by atoms with E-state index in [1.54, 1.807) is 0 Å². The van der Waals surface area contributed by atoms with Gasteiger partial charge in [0.25, 0.3) is 0 Å². The van der Waals surface area contributed by atoms with Crippen molar-refractivity contribution < 1.29 is 14.7 Å². The summed E-state index contributed by atoms with van der Waals surface area (Å²) in [7, 11) is 0. The van der Waals surface area contributed by atoms with Crippen molar-refractivity contribution in [2.24, 2.45) is 5.92 Å². The van der Waals surface area contributed by atoms with Crippen LogP contribution in [0.1, 0.15) is 25.8 Å². The van der Waals surface area contributed by atoms with Gasteiger partial charge in [-0.3, -0.25) is 4.79 Å². The molecule has 1 amide bonds. The van der Waals surface area contributed by atoms with Crippen molar-refractivity contribution in [3.05, 3.63) is 35.9 Å². The standard InChI is InChI=1S/C16H23NO3S/c1-3-12(2)15(16(19)20)17-14(18)11-21-10-9-13-7-5-4-6-8-13/h4-8,12,15H,3,9-11H2,1-2H3,(H,17,18)(H,19,20)/t12?,15-/m0/s1. The van der Waals surface area contributed by atoms with Crippen molar-refractivity contribution in [2.75, 3.05) is 11.5 Å². The Bertz CT molecular complexity index is 450. The van der Waals surface area contributed by atoms with Gasteiger partial charge in [0.05, 0.1) is 5.75 Å². The number of amides is 1. The van der Waals surface area contributed by atoms with Crippen LogP contribution in [0.25, 0.3) is 0 Å². The Morgan fingerprint density at radius 2 is 1.95 bits per heavy atom. The second kappa shape index (κ2) is 9.45. The van der Waals surface area contributed by atoms with Crippen LogP contribution in [0.2, 0.25) is 0 Å². The van der Waals surface area contributed by atoms with E-state index < -0.39 is 12.0 Å². The Labute approximate surface area is 130 Å². The fourth-order valence-electron chi connectivity index (χ4n) is 1.90. The van der Waals surface area contributed by atoms with E-state index in [2.05, 4.69) is 17.4 Å². The van der Waals surface area contributed by atoms with Gasteiger partial charge in [-0.2, -0.15) is 11.8 Å². The molecule has 0 radical (unpaired) electrons. The fourth-order valence-corrected chi connectivity index (χ4v) is 2.69. The number of rotatable bonds is 9. The highest BCUT2D eigenvalue weighted by molar-refractivity contribution is 7.99. The highest BCUT2D eigenvalue weighted by Gasteiger charge is 2.24. The molecule has 0 aromatic heterocycles. The lowest BCUT2D eigenvalue weighted by Gasteiger charge is -2.19. The zero-order valence-electron chi connectivity index (χ0n) is 12.5. The van der Waals surface area contributed by atoms with Gasteiger partial charge in [-0.1, -0.05) is 50.6 Å². The van der Waals surface area contributed by atoms with Crippen LogP contribution in [0.15, 0.2) is 30.3 Å². The molecule has 1 rings (SSSR count). The Kier molecular flexibility index (Phi) is 7.90. The minimum atomic E-state index is -0.966. The van der Waals surface area contributed by atoms with Gasteiger partial charge < -0.3 is 10.4 Å². The van der Waals surface area contributed by atoms with Gasteiger partial charge >= 0.3 is 5.97 Å². The maximum atomic E-state index is 11.8. The summed E-state index contributed by atoms with van der Waals surface area (Å²) in [5.74, 6) is -0.0977. The summed E-state index contributed by atoms with van der Waals surface area (Å²) < 4.78 is 0. The number of aryl methyl sites for hydroxylation is 1. The summed E-state index contributed by atoms with van der Waals surface area (Å²) in [6.45, 7) is 3.75. The van der Waals surface area contributed by atoms with Gasteiger partial charge in [-0.05, 0) is 23.7 Å². The smallest absolute Gasteiger partial charge is 0.326 e. The zero-order valence-corrected chi connectivity index (χ0v) is 13.4. The number of carboxylic acid groups (broad SMARTS) is 1. The minimum absolute atomic E-state index is 0.0687. The Morgan fingerprint density at radius 1 is 1.29 bits per heavy atom. The molecule has 0 aliphatic rings. The van der Waals surface area contributed by atoms with Gasteiger partial charge in [0.2, 0.25) is 5.91 Å². The highest BCUT2D eigenvalue weighted by Crippen LogP contribution is 2.10. The molecular formula is C16H23NO3S. The molecule has 21 heavy (non-hydrogen) atoms. The molecule has 0 fully saturated rings. The number of benzene rings is 1. The van der Waals surface area contributed by atoms with Crippen molar-refractivity contribution in [1.82, 2.24) is 5.32 Å². The van der Waals surface area contributed by atoms with Gasteiger partial charge in [0, 0.05) is 0 Å². The third kappa shape index (κ3) is 6.67. The van der Waals surface area contributed by atoms with Gasteiger partial charge in [0.1, 0.15) is 6.04 Å². The quantitative estimate of drug-likeness (QED) is 0.688. The minimum Gasteiger partial charge on any atom is -0.480 e. The number of hydrogen-bond donors (Lipinski definition) is 2. The molecule has 0 saturated carbocycles. The van der Waals surface area contributed by atoms with Crippen LogP contribution >= 0.6 is 11.8 Å². The van der Waals surface area contributed by atoms with E-state index in [1.165, 1.54) is 17.3 Å². The highest BCUT2D eigenvalue weighted by atomic mass is 32.2. The third-order valence-electron chi connectivity index (χ3n) is 3.41. The number of thioether (sulfide) groups is 1. The van der Waals surface area contributed by atoms with Crippen LogP contribution < -0.4 is 5.32 Å². The summed E-state index contributed by atoms with van der Waals surface area (Å²) in [5.41, 5.74) is 1.24. The summed E-state index contributed by atoms with van der Waals surface area (Å²) in [6.07, 6.45) is 1.63. The van der Waals surface area contributed by atoms with E-state index in [-0.39, 0.29) is 11.8 Å². The average molecular weight is 309 g/mol. The molecule has 1 unspecified atom stereocenters. The lowest BCUT2D eigenvalue weighted by atomic mass is 9.99. The first-order valence-corrected chi connectivity index (χ1v) is 8.34. The Hall–Kier alpha value is -1.49. The monoisotopic (exact) mass is 309 g/mol. The average Bonchev–Trinajstić information content (AvgIpc) is 2.49. The first-order chi connectivity index (χ1) is 10.0. The van der Waals surface area contributed by atoms with Crippen molar-refractivity contribution in [3.63, 3.8) is 0 Å². The predicted octanol–water partition coefficient (Wildman–Crippen LogP) is 2.58. The summed E-state index contributed by atoms with van der Waals surface area (Å²) in [5, 5.41) is 11.7. The number of carbonyl (C=O) groups is 2. The lowest BCUT2D eigenvalue weighted by molar-refractivity contribution is -0.143. The molecule has 0 aliphatic heterocycles. The molecule has 0 aliphatic carbocycles. The predicted molar refractivity (Wildman–Crippen MR) is 86.5 cm³/mol. The number of carboxylic acids is 1. The van der Waals surface area contributed by atoms with E-state index in [0.717, 1.165) is 18.6 Å². The van der Waals surface area contributed by atoms with Crippen LogP contribution in [0.5, 0.6) is 0 Å². The molecule has 0 saturated heterocycles. The molecule has 0 bridgehead atoms. The van der Waals surface area contributed by atoms with Gasteiger partial charge in [-0.15, -0.1) is 0 Å². The second-order valence-corrected chi connectivity index (χ2v) is 6.16. The van der Waals surface area contributed by atoms with Crippen molar-refractivity contribution in [3.8, 4) is 0 Å². The lowest BCUT2D eigenvalue weighted by Crippen LogP contribution is -2.45. The maximum Gasteiger partial charge on any atom is 0.326 e.